The molecule has 27 heavy (non-hydrogen) atoms. The maximum atomic E-state index is 14.1. The first-order valence-electron chi connectivity index (χ1n) is 9.17. The van der Waals surface area contributed by atoms with Crippen molar-refractivity contribution in [1.29, 1.82) is 0 Å². The monoisotopic (exact) mass is 372 g/mol. The number of hydrogen-bond acceptors (Lipinski definition) is 7. The summed E-state index contributed by atoms with van der Waals surface area (Å²) in [5.41, 5.74) is 3.36. The molecule has 2 aliphatic rings. The van der Waals surface area contributed by atoms with Crippen LogP contribution in [0.1, 0.15) is 13.3 Å². The molecule has 2 atom stereocenters. The van der Waals surface area contributed by atoms with Gasteiger partial charge in [0.05, 0.1) is 18.8 Å². The van der Waals surface area contributed by atoms with Crippen LogP contribution in [0.5, 0.6) is 0 Å². The van der Waals surface area contributed by atoms with Gasteiger partial charge in [-0.2, -0.15) is 14.6 Å². The molecular weight excluding hydrogens is 351 g/mol. The topological polar surface area (TPSA) is 96.3 Å². The van der Waals surface area contributed by atoms with Crippen molar-refractivity contribution in [2.75, 3.05) is 36.5 Å². The maximum Gasteiger partial charge on any atom is 0.243 e. The fraction of sp³-hybridized carbons (Fsp3) is 0.529. The van der Waals surface area contributed by atoms with E-state index in [2.05, 4.69) is 42.4 Å². The van der Waals surface area contributed by atoms with Crippen molar-refractivity contribution in [3.63, 3.8) is 0 Å². The summed E-state index contributed by atoms with van der Waals surface area (Å²) in [6.45, 7) is 4.73. The molecule has 2 N–H and O–H groups in total. The second-order valence-electron chi connectivity index (χ2n) is 7.27. The van der Waals surface area contributed by atoms with Gasteiger partial charge in [-0.3, -0.25) is 5.10 Å². The van der Waals surface area contributed by atoms with E-state index in [1.54, 1.807) is 17.0 Å². The van der Waals surface area contributed by atoms with Crippen LogP contribution in [0.15, 0.2) is 18.7 Å². The van der Waals surface area contributed by atoms with Gasteiger partial charge in [-0.05, 0) is 12.3 Å². The number of ether oxygens (including phenoxy) is 1. The highest BCUT2D eigenvalue weighted by atomic mass is 19.1. The second kappa shape index (κ2) is 6.45. The standard InChI is InChI=1S/C17H21FN8O/c1-10-6-25(7-10)15-14(11-4-20-21-5-11)19-9-26-16(15)23-17(24-26)22-13-2-3-27-8-12(13)18/h4-5,9-10,12-13H,2-3,6-8H2,1H3,(H,20,21)(H,22,24)/t12-,13+/m1/s1. The van der Waals surface area contributed by atoms with Crippen LogP contribution < -0.4 is 10.2 Å². The maximum absolute atomic E-state index is 14.1. The number of aromatic nitrogens is 6. The van der Waals surface area contributed by atoms with Gasteiger partial charge < -0.3 is 15.0 Å². The SMILES string of the molecule is CC1CN(c2c(-c3cn[nH]c3)ncn3nc(N[C@H]4CCOC[C@H]4F)nc23)C1. The second-order valence-corrected chi connectivity index (χ2v) is 7.27. The number of fused-ring (bicyclic) bond motifs is 1. The molecule has 5 heterocycles. The molecule has 0 aromatic carbocycles. The summed E-state index contributed by atoms with van der Waals surface area (Å²) in [6, 6.07) is -0.343. The van der Waals surface area contributed by atoms with Crippen molar-refractivity contribution in [2.45, 2.75) is 25.6 Å². The van der Waals surface area contributed by atoms with Gasteiger partial charge in [-0.15, -0.1) is 5.10 Å². The number of nitrogens with one attached hydrogen (secondary N) is 2. The minimum Gasteiger partial charge on any atom is -0.378 e. The van der Waals surface area contributed by atoms with Crippen molar-refractivity contribution < 1.29 is 9.13 Å². The lowest BCUT2D eigenvalue weighted by Gasteiger charge is -2.39. The first kappa shape index (κ1) is 16.4. The molecule has 9 nitrogen and oxygen atoms in total. The molecule has 0 bridgehead atoms. The molecule has 0 aliphatic carbocycles. The Hall–Kier alpha value is -2.75. The highest BCUT2D eigenvalue weighted by Crippen LogP contribution is 2.36. The average Bonchev–Trinajstić information content (AvgIpc) is 3.29. The Morgan fingerprint density at radius 1 is 1.37 bits per heavy atom. The van der Waals surface area contributed by atoms with E-state index in [-0.39, 0.29) is 12.6 Å². The molecule has 0 spiro atoms. The number of anilines is 2. The minimum absolute atomic E-state index is 0.105. The predicted molar refractivity (Wildman–Crippen MR) is 97.5 cm³/mol. The Balaban J connectivity index is 1.54. The summed E-state index contributed by atoms with van der Waals surface area (Å²) in [4.78, 5) is 11.5. The lowest BCUT2D eigenvalue weighted by atomic mass is 10.0. The lowest BCUT2D eigenvalue weighted by molar-refractivity contribution is 0.0284. The van der Waals surface area contributed by atoms with E-state index < -0.39 is 6.17 Å². The molecule has 5 rings (SSSR count). The molecule has 10 heteroatoms. The van der Waals surface area contributed by atoms with Crippen LogP contribution >= 0.6 is 0 Å². The molecule has 142 valence electrons. The van der Waals surface area contributed by atoms with Crippen molar-refractivity contribution in [3.05, 3.63) is 18.7 Å². The summed E-state index contributed by atoms with van der Waals surface area (Å²) < 4.78 is 20.9. The summed E-state index contributed by atoms with van der Waals surface area (Å²) in [6.07, 6.45) is 4.72. The highest BCUT2D eigenvalue weighted by Gasteiger charge is 2.30. The fourth-order valence-electron chi connectivity index (χ4n) is 3.70. The van der Waals surface area contributed by atoms with Gasteiger partial charge in [0.1, 0.15) is 23.9 Å². The Bertz CT molecular complexity index is 936. The van der Waals surface area contributed by atoms with Crippen LogP contribution in [0.25, 0.3) is 16.9 Å². The normalized spacial score (nSPS) is 23.6. The van der Waals surface area contributed by atoms with Crippen LogP contribution in [-0.4, -0.2) is 68.3 Å². The Morgan fingerprint density at radius 3 is 3.00 bits per heavy atom. The fourth-order valence-corrected chi connectivity index (χ4v) is 3.70. The van der Waals surface area contributed by atoms with E-state index in [1.165, 1.54) is 0 Å². The summed E-state index contributed by atoms with van der Waals surface area (Å²) in [5.74, 6) is 1.03. The number of nitrogens with zero attached hydrogens (tertiary/aromatic N) is 6. The number of halogens is 1. The van der Waals surface area contributed by atoms with Crippen LogP contribution in [0.2, 0.25) is 0 Å². The van der Waals surface area contributed by atoms with E-state index in [0.29, 0.717) is 30.5 Å². The van der Waals surface area contributed by atoms with Gasteiger partial charge in [0.25, 0.3) is 0 Å². The number of aromatic amines is 1. The molecule has 0 radical (unpaired) electrons. The van der Waals surface area contributed by atoms with Gasteiger partial charge >= 0.3 is 0 Å². The third kappa shape index (κ3) is 2.89. The zero-order valence-corrected chi connectivity index (χ0v) is 15.0. The van der Waals surface area contributed by atoms with Crippen molar-refractivity contribution in [2.24, 2.45) is 5.92 Å². The molecular formula is C17H21FN8O. The highest BCUT2D eigenvalue weighted by molar-refractivity contribution is 5.85. The quantitative estimate of drug-likeness (QED) is 0.717. The smallest absolute Gasteiger partial charge is 0.243 e. The first-order chi connectivity index (χ1) is 13.2. The van der Waals surface area contributed by atoms with Crippen molar-refractivity contribution in [3.8, 4) is 11.3 Å². The van der Waals surface area contributed by atoms with E-state index >= 15 is 0 Å². The Labute approximate surface area is 154 Å². The van der Waals surface area contributed by atoms with Gasteiger partial charge in [0.15, 0.2) is 5.65 Å². The Morgan fingerprint density at radius 2 is 2.26 bits per heavy atom. The first-order valence-corrected chi connectivity index (χ1v) is 9.17. The Kier molecular flexibility index (Phi) is 3.92. The molecule has 0 amide bonds. The molecule has 2 fully saturated rings. The predicted octanol–water partition coefficient (Wildman–Crippen LogP) is 1.51. The van der Waals surface area contributed by atoms with Crippen LogP contribution in [0.4, 0.5) is 16.0 Å². The van der Waals surface area contributed by atoms with E-state index in [4.69, 9.17) is 4.74 Å². The number of rotatable bonds is 4. The van der Waals surface area contributed by atoms with E-state index in [1.807, 2.05) is 6.20 Å². The van der Waals surface area contributed by atoms with Gasteiger partial charge in [0.2, 0.25) is 5.95 Å². The molecule has 3 aromatic rings. The number of hydrogen-bond donors (Lipinski definition) is 2. The van der Waals surface area contributed by atoms with Gasteiger partial charge in [-0.25, -0.2) is 9.37 Å². The number of H-pyrrole nitrogens is 1. The lowest BCUT2D eigenvalue weighted by Crippen LogP contribution is -2.45. The molecule has 0 unspecified atom stereocenters. The summed E-state index contributed by atoms with van der Waals surface area (Å²) in [5, 5.41) is 14.5. The molecule has 2 saturated heterocycles. The third-order valence-corrected chi connectivity index (χ3v) is 5.12. The van der Waals surface area contributed by atoms with Crippen molar-refractivity contribution in [1.82, 2.24) is 29.8 Å². The van der Waals surface area contributed by atoms with E-state index in [9.17, 15) is 4.39 Å². The molecule has 3 aromatic heterocycles. The van der Waals surface area contributed by atoms with E-state index in [0.717, 1.165) is 30.0 Å². The zero-order chi connectivity index (χ0) is 18.4. The summed E-state index contributed by atoms with van der Waals surface area (Å²) in [7, 11) is 0. The molecule has 2 aliphatic heterocycles. The molecule has 0 saturated carbocycles. The van der Waals surface area contributed by atoms with Gasteiger partial charge in [0, 0.05) is 31.5 Å². The average molecular weight is 372 g/mol. The minimum atomic E-state index is -1.07. The van der Waals surface area contributed by atoms with Crippen molar-refractivity contribution >= 4 is 17.3 Å². The summed E-state index contributed by atoms with van der Waals surface area (Å²) >= 11 is 0. The van der Waals surface area contributed by atoms with Crippen LogP contribution in [0.3, 0.4) is 0 Å². The zero-order valence-electron chi connectivity index (χ0n) is 15.0. The van der Waals surface area contributed by atoms with Crippen LogP contribution in [-0.2, 0) is 4.74 Å². The van der Waals surface area contributed by atoms with Crippen LogP contribution in [0, 0.1) is 5.92 Å². The third-order valence-electron chi connectivity index (χ3n) is 5.12. The van der Waals surface area contributed by atoms with Gasteiger partial charge in [-0.1, -0.05) is 6.92 Å². The largest absolute Gasteiger partial charge is 0.378 e. The number of alkyl halides is 1.